The van der Waals surface area contributed by atoms with Gasteiger partial charge in [-0.2, -0.15) is 0 Å². The number of unbranched alkanes of at least 4 members (excludes halogenated alkanes) is 3. The molecule has 29 heavy (non-hydrogen) atoms. The van der Waals surface area contributed by atoms with Gasteiger partial charge in [0.05, 0.1) is 6.61 Å². The Labute approximate surface area is 177 Å². The lowest BCUT2D eigenvalue weighted by Gasteiger charge is -2.27. The third-order valence-corrected chi connectivity index (χ3v) is 6.20. The summed E-state index contributed by atoms with van der Waals surface area (Å²) in [5, 5.41) is 0. The van der Waals surface area contributed by atoms with Crippen LogP contribution < -0.4 is 4.74 Å². The third-order valence-electron chi connectivity index (χ3n) is 6.20. The van der Waals surface area contributed by atoms with Gasteiger partial charge in [-0.25, -0.2) is 9.97 Å². The van der Waals surface area contributed by atoms with Crippen LogP contribution in [0.15, 0.2) is 36.7 Å². The first kappa shape index (κ1) is 21.8. The molecule has 0 saturated heterocycles. The predicted molar refractivity (Wildman–Crippen MR) is 121 cm³/mol. The van der Waals surface area contributed by atoms with Crippen LogP contribution >= 0.6 is 0 Å². The summed E-state index contributed by atoms with van der Waals surface area (Å²) in [6, 6.07) is 8.63. The van der Waals surface area contributed by atoms with Crippen molar-refractivity contribution >= 4 is 0 Å². The Morgan fingerprint density at radius 1 is 0.793 bits per heavy atom. The maximum Gasteiger partial charge on any atom is 0.131 e. The normalized spacial score (nSPS) is 19.2. The fraction of sp³-hybridized carbons (Fsp3) is 0.615. The second-order valence-electron chi connectivity index (χ2n) is 8.68. The number of benzene rings is 1. The largest absolute Gasteiger partial charge is 0.493 e. The second-order valence-corrected chi connectivity index (χ2v) is 8.68. The van der Waals surface area contributed by atoms with Crippen molar-refractivity contribution in [2.45, 2.75) is 90.4 Å². The van der Waals surface area contributed by atoms with E-state index in [1.54, 1.807) is 0 Å². The quantitative estimate of drug-likeness (QED) is 0.389. The topological polar surface area (TPSA) is 35.0 Å². The Morgan fingerprint density at radius 2 is 1.52 bits per heavy atom. The van der Waals surface area contributed by atoms with E-state index in [0.29, 0.717) is 11.8 Å². The lowest BCUT2D eigenvalue weighted by molar-refractivity contribution is 0.198. The van der Waals surface area contributed by atoms with E-state index < -0.39 is 0 Å². The van der Waals surface area contributed by atoms with Crippen molar-refractivity contribution in [3.05, 3.63) is 53.6 Å². The summed E-state index contributed by atoms with van der Waals surface area (Å²) in [6.45, 7) is 5.30. The van der Waals surface area contributed by atoms with Crippen LogP contribution in [0.4, 0.5) is 0 Å². The summed E-state index contributed by atoms with van der Waals surface area (Å²) in [5.74, 6) is 3.23. The molecule has 1 aromatic carbocycles. The zero-order chi connectivity index (χ0) is 20.3. The number of ether oxygens (including phenoxy) is 1. The molecule has 1 heterocycles. The molecule has 1 aromatic heterocycles. The first-order valence-corrected chi connectivity index (χ1v) is 11.8. The summed E-state index contributed by atoms with van der Waals surface area (Å²) < 4.78 is 6.06. The van der Waals surface area contributed by atoms with Gasteiger partial charge in [-0.3, -0.25) is 0 Å². The molecule has 3 rings (SSSR count). The highest BCUT2D eigenvalue weighted by molar-refractivity contribution is 5.27. The Kier molecular flexibility index (Phi) is 8.98. The molecule has 0 aliphatic heterocycles. The van der Waals surface area contributed by atoms with E-state index >= 15 is 0 Å². The Hall–Kier alpha value is -1.90. The molecule has 1 aliphatic carbocycles. The number of nitrogens with zero attached hydrogens (tertiary/aromatic N) is 2. The fourth-order valence-electron chi connectivity index (χ4n) is 4.30. The standard InChI is InChI=1S/C26H38N2O/c1-3-5-6-7-9-23-18-27-26(28-19-23)24-14-10-22(11-15-24)20-29-25-16-12-21(8-4-2)13-17-25/h12-13,16-19,22,24H,3-11,14-15,20H2,1-2H3. The molecule has 3 nitrogen and oxygen atoms in total. The van der Waals surface area contributed by atoms with E-state index in [0.717, 1.165) is 31.0 Å². The molecule has 0 radical (unpaired) electrons. The van der Waals surface area contributed by atoms with E-state index in [1.165, 1.54) is 68.9 Å². The SMILES string of the molecule is CCCCCCc1cnc(C2CCC(COc3ccc(CCC)cc3)CC2)nc1. The minimum absolute atomic E-state index is 0.522. The molecule has 0 bridgehead atoms. The van der Waals surface area contributed by atoms with Crippen LogP contribution in [-0.4, -0.2) is 16.6 Å². The molecule has 0 spiro atoms. The smallest absolute Gasteiger partial charge is 0.131 e. The van der Waals surface area contributed by atoms with Crippen molar-refractivity contribution in [1.82, 2.24) is 9.97 Å². The maximum atomic E-state index is 6.06. The van der Waals surface area contributed by atoms with Crippen LogP contribution in [0.3, 0.4) is 0 Å². The molecule has 3 heteroatoms. The Bertz CT molecular complexity index is 688. The maximum absolute atomic E-state index is 6.06. The van der Waals surface area contributed by atoms with Crippen LogP contribution in [0, 0.1) is 5.92 Å². The van der Waals surface area contributed by atoms with E-state index in [4.69, 9.17) is 14.7 Å². The molecule has 0 amide bonds. The van der Waals surface area contributed by atoms with Crippen LogP contribution in [0.25, 0.3) is 0 Å². The van der Waals surface area contributed by atoms with Gasteiger partial charge in [-0.1, -0.05) is 51.7 Å². The highest BCUT2D eigenvalue weighted by Gasteiger charge is 2.24. The first-order valence-electron chi connectivity index (χ1n) is 11.8. The summed E-state index contributed by atoms with van der Waals surface area (Å²) in [7, 11) is 0. The van der Waals surface area contributed by atoms with Gasteiger partial charge in [0.25, 0.3) is 0 Å². The summed E-state index contributed by atoms with van der Waals surface area (Å²) in [5.41, 5.74) is 2.68. The van der Waals surface area contributed by atoms with E-state index in [9.17, 15) is 0 Å². The predicted octanol–water partition coefficient (Wildman–Crippen LogP) is 6.90. The van der Waals surface area contributed by atoms with E-state index in [2.05, 4.69) is 50.5 Å². The molecule has 0 N–H and O–H groups in total. The first-order chi connectivity index (χ1) is 14.3. The average molecular weight is 395 g/mol. The molecule has 1 saturated carbocycles. The number of rotatable bonds is 11. The minimum atomic E-state index is 0.522. The summed E-state index contributed by atoms with van der Waals surface area (Å²) >= 11 is 0. The number of hydrogen-bond acceptors (Lipinski definition) is 3. The van der Waals surface area contributed by atoms with Crippen LogP contribution in [0.5, 0.6) is 5.75 Å². The zero-order valence-electron chi connectivity index (χ0n) is 18.4. The van der Waals surface area contributed by atoms with Gasteiger partial charge in [0.1, 0.15) is 11.6 Å². The molecular formula is C26H38N2O. The second kappa shape index (κ2) is 11.9. The van der Waals surface area contributed by atoms with Gasteiger partial charge in [0, 0.05) is 18.3 Å². The van der Waals surface area contributed by atoms with Gasteiger partial charge in [0.15, 0.2) is 0 Å². The molecular weight excluding hydrogens is 356 g/mol. The Morgan fingerprint density at radius 3 is 2.17 bits per heavy atom. The highest BCUT2D eigenvalue weighted by atomic mass is 16.5. The van der Waals surface area contributed by atoms with Crippen LogP contribution in [0.2, 0.25) is 0 Å². The third kappa shape index (κ3) is 7.13. The zero-order valence-corrected chi connectivity index (χ0v) is 18.4. The van der Waals surface area contributed by atoms with Crippen molar-refractivity contribution in [3.8, 4) is 5.75 Å². The van der Waals surface area contributed by atoms with Gasteiger partial charge in [0.2, 0.25) is 0 Å². The number of aryl methyl sites for hydroxylation is 2. The van der Waals surface area contributed by atoms with Crippen molar-refractivity contribution in [2.75, 3.05) is 6.61 Å². The Balaban J connectivity index is 1.38. The molecule has 158 valence electrons. The monoisotopic (exact) mass is 394 g/mol. The highest BCUT2D eigenvalue weighted by Crippen LogP contribution is 2.34. The van der Waals surface area contributed by atoms with Crippen molar-refractivity contribution < 1.29 is 4.74 Å². The van der Waals surface area contributed by atoms with Crippen LogP contribution in [0.1, 0.15) is 94.5 Å². The van der Waals surface area contributed by atoms with Crippen LogP contribution in [-0.2, 0) is 12.8 Å². The summed E-state index contributed by atoms with van der Waals surface area (Å²) in [6.07, 6.45) is 17.5. The van der Waals surface area contributed by atoms with Gasteiger partial charge < -0.3 is 4.74 Å². The van der Waals surface area contributed by atoms with Gasteiger partial charge >= 0.3 is 0 Å². The van der Waals surface area contributed by atoms with E-state index in [1.807, 2.05) is 0 Å². The number of hydrogen-bond donors (Lipinski definition) is 0. The lowest BCUT2D eigenvalue weighted by atomic mass is 9.82. The van der Waals surface area contributed by atoms with Crippen molar-refractivity contribution in [2.24, 2.45) is 5.92 Å². The lowest BCUT2D eigenvalue weighted by Crippen LogP contribution is -2.20. The van der Waals surface area contributed by atoms with Crippen molar-refractivity contribution in [3.63, 3.8) is 0 Å². The summed E-state index contributed by atoms with van der Waals surface area (Å²) in [4.78, 5) is 9.40. The fourth-order valence-corrected chi connectivity index (χ4v) is 4.30. The van der Waals surface area contributed by atoms with Gasteiger partial charge in [-0.05, 0) is 74.1 Å². The molecule has 2 aromatic rings. The molecule has 0 atom stereocenters. The average Bonchev–Trinajstić information content (AvgIpc) is 2.77. The molecule has 1 aliphatic rings. The van der Waals surface area contributed by atoms with Gasteiger partial charge in [-0.15, -0.1) is 0 Å². The van der Waals surface area contributed by atoms with Crippen molar-refractivity contribution in [1.29, 1.82) is 0 Å². The van der Waals surface area contributed by atoms with E-state index in [-0.39, 0.29) is 0 Å². The molecule has 1 fully saturated rings. The minimum Gasteiger partial charge on any atom is -0.493 e. The molecule has 0 unspecified atom stereocenters. The number of aromatic nitrogens is 2.